The van der Waals surface area contributed by atoms with E-state index in [0.717, 1.165) is 42.1 Å². The smallest absolute Gasteiger partial charge is 0.252 e. The van der Waals surface area contributed by atoms with E-state index in [9.17, 15) is 4.79 Å². The highest BCUT2D eigenvalue weighted by Crippen LogP contribution is 2.22. The number of aryl methyl sites for hydroxylation is 1. The first kappa shape index (κ1) is 14.1. The molecule has 0 aliphatic heterocycles. The molecule has 0 saturated carbocycles. The molecule has 1 heterocycles. The number of fused-ring (bicyclic) bond motifs is 2. The van der Waals surface area contributed by atoms with Gasteiger partial charge in [-0.25, -0.2) is 0 Å². The van der Waals surface area contributed by atoms with Crippen LogP contribution >= 0.6 is 0 Å². The molecule has 1 atom stereocenters. The number of hydrogen-bond acceptors (Lipinski definition) is 1. The van der Waals surface area contributed by atoms with Crippen LogP contribution in [0.4, 0.5) is 0 Å². The second kappa shape index (κ2) is 5.92. The lowest BCUT2D eigenvalue weighted by Gasteiger charge is -2.17. The second-order valence-corrected chi connectivity index (χ2v) is 6.28. The number of rotatable bonds is 2. The van der Waals surface area contributed by atoms with Gasteiger partial charge in [0.2, 0.25) is 0 Å². The molecule has 3 aromatic rings. The van der Waals surface area contributed by atoms with Crippen molar-refractivity contribution in [2.45, 2.75) is 31.7 Å². The summed E-state index contributed by atoms with van der Waals surface area (Å²) in [6.07, 6.45) is 6.06. The summed E-state index contributed by atoms with van der Waals surface area (Å²) in [4.78, 5) is 15.9. The van der Waals surface area contributed by atoms with E-state index in [1.54, 1.807) is 0 Å². The van der Waals surface area contributed by atoms with Crippen LogP contribution < -0.4 is 5.32 Å². The zero-order valence-electron chi connectivity index (χ0n) is 13.0. The van der Waals surface area contributed by atoms with Crippen molar-refractivity contribution in [3.8, 4) is 0 Å². The molecule has 1 amide bonds. The van der Waals surface area contributed by atoms with Gasteiger partial charge in [-0.15, -0.1) is 0 Å². The standard InChI is InChI=1S/C20H20N2O/c23-20(18-9-4-10-19-17(18)11-12-21-19)22-16-8-3-7-14-5-1-2-6-15(14)13-16/h1-2,4-6,9-12,16,21H,3,7-8,13H2,(H,22,23). The van der Waals surface area contributed by atoms with Crippen molar-refractivity contribution in [1.82, 2.24) is 10.3 Å². The van der Waals surface area contributed by atoms with Gasteiger partial charge in [-0.2, -0.15) is 0 Å². The molecule has 2 aromatic carbocycles. The van der Waals surface area contributed by atoms with E-state index in [1.807, 2.05) is 30.5 Å². The minimum Gasteiger partial charge on any atom is -0.361 e. The predicted octanol–water partition coefficient (Wildman–Crippen LogP) is 3.85. The third-order valence-electron chi connectivity index (χ3n) is 4.76. The summed E-state index contributed by atoms with van der Waals surface area (Å²) in [6.45, 7) is 0. The molecule has 0 bridgehead atoms. The minimum absolute atomic E-state index is 0.0274. The molecule has 1 aromatic heterocycles. The molecule has 23 heavy (non-hydrogen) atoms. The second-order valence-electron chi connectivity index (χ2n) is 6.28. The summed E-state index contributed by atoms with van der Waals surface area (Å²) < 4.78 is 0. The Hall–Kier alpha value is -2.55. The Balaban J connectivity index is 1.56. The SMILES string of the molecule is O=C(NC1CCCc2ccccc2C1)c1cccc2[nH]ccc12. The maximum absolute atomic E-state index is 12.7. The zero-order chi connectivity index (χ0) is 15.6. The van der Waals surface area contributed by atoms with Gasteiger partial charge in [0.15, 0.2) is 0 Å². The van der Waals surface area contributed by atoms with Gasteiger partial charge in [0.05, 0.1) is 0 Å². The maximum atomic E-state index is 12.7. The summed E-state index contributed by atoms with van der Waals surface area (Å²) >= 11 is 0. The lowest BCUT2D eigenvalue weighted by atomic mass is 10.0. The van der Waals surface area contributed by atoms with Crippen molar-refractivity contribution >= 4 is 16.8 Å². The first-order valence-corrected chi connectivity index (χ1v) is 8.25. The molecule has 3 heteroatoms. The van der Waals surface area contributed by atoms with Crippen LogP contribution in [0.15, 0.2) is 54.7 Å². The fraction of sp³-hybridized carbons (Fsp3) is 0.250. The van der Waals surface area contributed by atoms with E-state index in [-0.39, 0.29) is 11.9 Å². The minimum atomic E-state index is 0.0274. The number of benzene rings is 2. The highest BCUT2D eigenvalue weighted by atomic mass is 16.1. The highest BCUT2D eigenvalue weighted by molar-refractivity contribution is 6.06. The quantitative estimate of drug-likeness (QED) is 0.694. The Morgan fingerprint density at radius 1 is 1.04 bits per heavy atom. The van der Waals surface area contributed by atoms with Gasteiger partial charge in [0, 0.05) is 28.7 Å². The first-order chi connectivity index (χ1) is 11.3. The molecule has 2 N–H and O–H groups in total. The molecule has 0 saturated heterocycles. The average Bonchev–Trinajstić information content (AvgIpc) is 2.95. The molecule has 1 unspecified atom stereocenters. The van der Waals surface area contributed by atoms with E-state index in [2.05, 4.69) is 34.6 Å². The summed E-state index contributed by atoms with van der Waals surface area (Å²) in [5.41, 5.74) is 4.55. The van der Waals surface area contributed by atoms with E-state index < -0.39 is 0 Å². The molecule has 0 radical (unpaired) electrons. The van der Waals surface area contributed by atoms with Crippen molar-refractivity contribution < 1.29 is 4.79 Å². The highest BCUT2D eigenvalue weighted by Gasteiger charge is 2.19. The number of hydrogen-bond donors (Lipinski definition) is 2. The molecule has 0 spiro atoms. The van der Waals surface area contributed by atoms with Crippen molar-refractivity contribution in [1.29, 1.82) is 0 Å². The molecular weight excluding hydrogens is 284 g/mol. The third-order valence-corrected chi connectivity index (χ3v) is 4.76. The number of aromatic nitrogens is 1. The number of nitrogens with one attached hydrogen (secondary N) is 2. The largest absolute Gasteiger partial charge is 0.361 e. The van der Waals surface area contributed by atoms with E-state index in [1.165, 1.54) is 11.1 Å². The zero-order valence-corrected chi connectivity index (χ0v) is 13.0. The molecule has 1 aliphatic rings. The van der Waals surface area contributed by atoms with Crippen molar-refractivity contribution in [3.05, 3.63) is 71.4 Å². The Kier molecular flexibility index (Phi) is 3.62. The van der Waals surface area contributed by atoms with Gasteiger partial charge >= 0.3 is 0 Å². The molecule has 0 fully saturated rings. The Bertz CT molecular complexity index is 849. The lowest BCUT2D eigenvalue weighted by molar-refractivity contribution is 0.0936. The van der Waals surface area contributed by atoms with Crippen LogP contribution in [0.25, 0.3) is 10.9 Å². The molecular formula is C20H20N2O. The van der Waals surface area contributed by atoms with Gasteiger partial charge in [0.25, 0.3) is 5.91 Å². The van der Waals surface area contributed by atoms with Crippen LogP contribution in [0.3, 0.4) is 0 Å². The number of carbonyl (C=O) groups excluding carboxylic acids is 1. The fourth-order valence-corrected chi connectivity index (χ4v) is 3.58. The van der Waals surface area contributed by atoms with Crippen LogP contribution in [-0.4, -0.2) is 16.9 Å². The first-order valence-electron chi connectivity index (χ1n) is 8.25. The average molecular weight is 304 g/mol. The number of carbonyl (C=O) groups is 1. The summed E-state index contributed by atoms with van der Waals surface area (Å²) in [5, 5.41) is 4.23. The molecule has 4 rings (SSSR count). The monoisotopic (exact) mass is 304 g/mol. The Morgan fingerprint density at radius 2 is 1.91 bits per heavy atom. The maximum Gasteiger partial charge on any atom is 0.252 e. The lowest BCUT2D eigenvalue weighted by Crippen LogP contribution is -2.36. The number of H-pyrrole nitrogens is 1. The van der Waals surface area contributed by atoms with Gasteiger partial charge in [-0.1, -0.05) is 30.3 Å². The number of aromatic amines is 1. The van der Waals surface area contributed by atoms with E-state index in [4.69, 9.17) is 0 Å². The van der Waals surface area contributed by atoms with Gasteiger partial charge in [-0.3, -0.25) is 4.79 Å². The Labute approximate surface area is 135 Å². The van der Waals surface area contributed by atoms with Crippen molar-refractivity contribution in [3.63, 3.8) is 0 Å². The van der Waals surface area contributed by atoms with Crippen molar-refractivity contribution in [2.75, 3.05) is 0 Å². The van der Waals surface area contributed by atoms with Crippen molar-refractivity contribution in [2.24, 2.45) is 0 Å². The van der Waals surface area contributed by atoms with Gasteiger partial charge < -0.3 is 10.3 Å². The summed E-state index contributed by atoms with van der Waals surface area (Å²) in [6, 6.07) is 16.6. The van der Waals surface area contributed by atoms with Gasteiger partial charge in [0.1, 0.15) is 0 Å². The molecule has 3 nitrogen and oxygen atoms in total. The normalized spacial score (nSPS) is 17.5. The van der Waals surface area contributed by atoms with Crippen LogP contribution in [0.1, 0.15) is 34.3 Å². The number of amides is 1. The molecule has 116 valence electrons. The Morgan fingerprint density at radius 3 is 2.83 bits per heavy atom. The van der Waals surface area contributed by atoms with Crippen LogP contribution in [0, 0.1) is 0 Å². The van der Waals surface area contributed by atoms with Gasteiger partial charge in [-0.05, 0) is 55.0 Å². The van der Waals surface area contributed by atoms with E-state index >= 15 is 0 Å². The van der Waals surface area contributed by atoms with Crippen LogP contribution in [-0.2, 0) is 12.8 Å². The predicted molar refractivity (Wildman–Crippen MR) is 92.6 cm³/mol. The summed E-state index contributed by atoms with van der Waals surface area (Å²) in [7, 11) is 0. The topological polar surface area (TPSA) is 44.9 Å². The van der Waals surface area contributed by atoms with Crippen LogP contribution in [0.2, 0.25) is 0 Å². The summed E-state index contributed by atoms with van der Waals surface area (Å²) in [5.74, 6) is 0.0274. The fourth-order valence-electron chi connectivity index (χ4n) is 3.58. The van der Waals surface area contributed by atoms with Crippen LogP contribution in [0.5, 0.6) is 0 Å². The van der Waals surface area contributed by atoms with E-state index in [0.29, 0.717) is 0 Å². The third kappa shape index (κ3) is 2.74. The molecule has 1 aliphatic carbocycles.